The first-order valence-electron chi connectivity index (χ1n) is 5.34. The Labute approximate surface area is 99.8 Å². The molecule has 0 fully saturated rings. The van der Waals surface area contributed by atoms with Gasteiger partial charge >= 0.3 is 5.97 Å². The Bertz CT molecular complexity index is 539. The Hall–Kier alpha value is -2.16. The van der Waals surface area contributed by atoms with Gasteiger partial charge in [-0.3, -0.25) is 4.98 Å². The molecule has 1 aromatic heterocycles. The highest BCUT2D eigenvalue weighted by molar-refractivity contribution is 5.87. The Kier molecular flexibility index (Phi) is 2.91. The molecule has 0 aliphatic carbocycles. The average Bonchev–Trinajstić information content (AvgIpc) is 2.28. The monoisotopic (exact) mass is 227 g/mol. The molecular weight excluding hydrogens is 214 g/mol. The van der Waals surface area contributed by atoms with E-state index in [1.54, 1.807) is 12.1 Å². The minimum Gasteiger partial charge on any atom is -0.478 e. The summed E-state index contributed by atoms with van der Waals surface area (Å²) in [6, 6.07) is 9.47. The van der Waals surface area contributed by atoms with E-state index in [0.29, 0.717) is 0 Å². The van der Waals surface area contributed by atoms with Crippen LogP contribution < -0.4 is 0 Å². The Balaban J connectivity index is 2.43. The number of pyridine rings is 1. The van der Waals surface area contributed by atoms with Crippen molar-refractivity contribution in [1.82, 2.24) is 4.98 Å². The fourth-order valence-electron chi connectivity index (χ4n) is 1.81. The highest BCUT2D eigenvalue weighted by Crippen LogP contribution is 2.20. The maximum atomic E-state index is 10.7. The molecule has 0 bridgehead atoms. The van der Waals surface area contributed by atoms with Gasteiger partial charge in [0.2, 0.25) is 0 Å². The zero-order chi connectivity index (χ0) is 12.4. The van der Waals surface area contributed by atoms with Gasteiger partial charge in [0.05, 0.1) is 11.3 Å². The van der Waals surface area contributed by atoms with Crippen molar-refractivity contribution >= 4 is 5.97 Å². The zero-order valence-electron chi connectivity index (χ0n) is 9.77. The zero-order valence-corrected chi connectivity index (χ0v) is 9.77. The predicted molar refractivity (Wildman–Crippen MR) is 66.1 cm³/mol. The van der Waals surface area contributed by atoms with Gasteiger partial charge < -0.3 is 5.11 Å². The van der Waals surface area contributed by atoms with Gasteiger partial charge in [-0.1, -0.05) is 17.2 Å². The topological polar surface area (TPSA) is 50.2 Å². The van der Waals surface area contributed by atoms with Crippen molar-refractivity contribution in [3.05, 3.63) is 53.2 Å². The van der Waals surface area contributed by atoms with Crippen LogP contribution in [0.4, 0.5) is 0 Å². The molecule has 17 heavy (non-hydrogen) atoms. The smallest absolute Gasteiger partial charge is 0.337 e. The summed E-state index contributed by atoms with van der Waals surface area (Å²) in [4.78, 5) is 14.9. The Morgan fingerprint density at radius 2 is 1.76 bits per heavy atom. The second-order valence-electron chi connectivity index (χ2n) is 4.11. The summed E-state index contributed by atoms with van der Waals surface area (Å²) in [6.07, 6.45) is 1.38. The lowest BCUT2D eigenvalue weighted by molar-refractivity contribution is 0.0696. The maximum Gasteiger partial charge on any atom is 0.337 e. The normalized spacial score (nSPS) is 10.2. The van der Waals surface area contributed by atoms with Crippen LogP contribution in [0.3, 0.4) is 0 Å². The van der Waals surface area contributed by atoms with Crippen molar-refractivity contribution in [3.63, 3.8) is 0 Å². The van der Waals surface area contributed by atoms with Gasteiger partial charge in [-0.25, -0.2) is 4.79 Å². The van der Waals surface area contributed by atoms with Crippen LogP contribution in [0.1, 0.15) is 21.5 Å². The van der Waals surface area contributed by atoms with E-state index in [0.717, 1.165) is 11.3 Å². The number of carbonyl (C=O) groups is 1. The fourth-order valence-corrected chi connectivity index (χ4v) is 1.81. The second kappa shape index (κ2) is 4.37. The van der Waals surface area contributed by atoms with Crippen LogP contribution in [0, 0.1) is 13.8 Å². The number of carboxylic acids is 1. The first-order valence-corrected chi connectivity index (χ1v) is 5.34. The van der Waals surface area contributed by atoms with Gasteiger partial charge in [0.25, 0.3) is 0 Å². The molecule has 0 saturated carbocycles. The van der Waals surface area contributed by atoms with Crippen LogP contribution in [0.15, 0.2) is 36.5 Å². The number of rotatable bonds is 2. The number of carboxylic acid groups (broad SMARTS) is 1. The third-order valence-electron chi connectivity index (χ3n) is 2.53. The molecular formula is C14H13NO2. The van der Waals surface area contributed by atoms with E-state index in [1.165, 1.54) is 17.3 Å². The van der Waals surface area contributed by atoms with Crippen LogP contribution in [-0.2, 0) is 0 Å². The van der Waals surface area contributed by atoms with Crippen molar-refractivity contribution in [1.29, 1.82) is 0 Å². The largest absolute Gasteiger partial charge is 0.478 e. The number of aromatic nitrogens is 1. The molecule has 0 radical (unpaired) electrons. The van der Waals surface area contributed by atoms with Gasteiger partial charge in [-0.05, 0) is 38.1 Å². The van der Waals surface area contributed by atoms with Gasteiger partial charge in [0.15, 0.2) is 0 Å². The van der Waals surface area contributed by atoms with E-state index in [9.17, 15) is 4.79 Å². The lowest BCUT2D eigenvalue weighted by atomic mass is 10.0. The molecule has 86 valence electrons. The summed E-state index contributed by atoms with van der Waals surface area (Å²) in [7, 11) is 0. The van der Waals surface area contributed by atoms with Crippen LogP contribution in [0.2, 0.25) is 0 Å². The summed E-state index contributed by atoms with van der Waals surface area (Å²) < 4.78 is 0. The van der Waals surface area contributed by atoms with Crippen molar-refractivity contribution < 1.29 is 9.90 Å². The highest BCUT2D eigenvalue weighted by Gasteiger charge is 2.05. The average molecular weight is 227 g/mol. The SMILES string of the molecule is Cc1cc(C)cc(-c2ccc(C(=O)O)cn2)c1. The van der Waals surface area contributed by atoms with Crippen LogP contribution >= 0.6 is 0 Å². The Morgan fingerprint density at radius 1 is 1.12 bits per heavy atom. The van der Waals surface area contributed by atoms with E-state index in [4.69, 9.17) is 5.11 Å². The summed E-state index contributed by atoms with van der Waals surface area (Å²) in [6.45, 7) is 4.06. The third-order valence-corrected chi connectivity index (χ3v) is 2.53. The maximum absolute atomic E-state index is 10.7. The van der Waals surface area contributed by atoms with E-state index >= 15 is 0 Å². The summed E-state index contributed by atoms with van der Waals surface area (Å²) >= 11 is 0. The molecule has 1 N–H and O–H groups in total. The number of hydrogen-bond acceptors (Lipinski definition) is 2. The standard InChI is InChI=1S/C14H13NO2/c1-9-5-10(2)7-12(6-9)13-4-3-11(8-15-13)14(16)17/h3-8H,1-2H3,(H,16,17). The van der Waals surface area contributed by atoms with E-state index < -0.39 is 5.97 Å². The molecule has 0 saturated heterocycles. The van der Waals surface area contributed by atoms with Gasteiger partial charge in [0.1, 0.15) is 0 Å². The molecule has 0 unspecified atom stereocenters. The van der Waals surface area contributed by atoms with Gasteiger partial charge in [0, 0.05) is 11.8 Å². The number of nitrogens with zero attached hydrogens (tertiary/aromatic N) is 1. The fraction of sp³-hybridized carbons (Fsp3) is 0.143. The number of aromatic carboxylic acids is 1. The lowest BCUT2D eigenvalue weighted by Gasteiger charge is -2.04. The van der Waals surface area contributed by atoms with Crippen molar-refractivity contribution in [2.45, 2.75) is 13.8 Å². The van der Waals surface area contributed by atoms with Crippen molar-refractivity contribution in [2.75, 3.05) is 0 Å². The molecule has 0 aliphatic rings. The lowest BCUT2D eigenvalue weighted by Crippen LogP contribution is -1.97. The van der Waals surface area contributed by atoms with Crippen molar-refractivity contribution in [2.24, 2.45) is 0 Å². The van der Waals surface area contributed by atoms with E-state index in [1.807, 2.05) is 26.0 Å². The minimum atomic E-state index is -0.954. The predicted octanol–water partition coefficient (Wildman–Crippen LogP) is 3.06. The molecule has 3 nitrogen and oxygen atoms in total. The third kappa shape index (κ3) is 2.50. The highest BCUT2D eigenvalue weighted by atomic mass is 16.4. The summed E-state index contributed by atoms with van der Waals surface area (Å²) in [5, 5.41) is 8.79. The molecule has 2 rings (SSSR count). The molecule has 1 aromatic carbocycles. The summed E-state index contributed by atoms with van der Waals surface area (Å²) in [5.41, 5.74) is 4.35. The van der Waals surface area contributed by atoms with Gasteiger partial charge in [-0.15, -0.1) is 0 Å². The molecule has 1 heterocycles. The van der Waals surface area contributed by atoms with Crippen molar-refractivity contribution in [3.8, 4) is 11.3 Å². The van der Waals surface area contributed by atoms with Crippen LogP contribution in [0.25, 0.3) is 11.3 Å². The first-order chi connectivity index (χ1) is 8.06. The van der Waals surface area contributed by atoms with Crippen LogP contribution in [-0.4, -0.2) is 16.1 Å². The molecule has 0 atom stereocenters. The molecule has 2 aromatic rings. The van der Waals surface area contributed by atoms with Gasteiger partial charge in [-0.2, -0.15) is 0 Å². The Morgan fingerprint density at radius 3 is 2.24 bits per heavy atom. The summed E-state index contributed by atoms with van der Waals surface area (Å²) in [5.74, 6) is -0.954. The number of aryl methyl sites for hydroxylation is 2. The second-order valence-corrected chi connectivity index (χ2v) is 4.11. The van der Waals surface area contributed by atoms with E-state index in [2.05, 4.69) is 11.1 Å². The first kappa shape index (κ1) is 11.3. The molecule has 0 aliphatic heterocycles. The molecule has 0 amide bonds. The molecule has 3 heteroatoms. The molecule has 0 spiro atoms. The number of hydrogen-bond donors (Lipinski definition) is 1. The quantitative estimate of drug-likeness (QED) is 0.857. The van der Waals surface area contributed by atoms with Crippen LogP contribution in [0.5, 0.6) is 0 Å². The number of benzene rings is 1. The van der Waals surface area contributed by atoms with E-state index in [-0.39, 0.29) is 5.56 Å². The minimum absolute atomic E-state index is 0.207.